The second-order valence-electron chi connectivity index (χ2n) is 7.33. The number of carbonyl (C=O) groups is 1. The fourth-order valence-corrected chi connectivity index (χ4v) is 5.71. The molecular weight excluding hydrogens is 403 g/mol. The van der Waals surface area contributed by atoms with Crippen molar-refractivity contribution in [1.82, 2.24) is 14.2 Å². The molecule has 0 N–H and O–H groups in total. The largest absolute Gasteiger partial charge is 0.348 e. The number of carbonyl (C=O) groups excluding carboxylic acids is 1. The van der Waals surface area contributed by atoms with Gasteiger partial charge in [-0.1, -0.05) is 17.4 Å². The van der Waals surface area contributed by atoms with E-state index in [1.165, 1.54) is 28.0 Å². The number of piperazine rings is 1. The molecule has 7 nitrogen and oxygen atoms in total. The van der Waals surface area contributed by atoms with E-state index in [1.807, 2.05) is 6.07 Å². The van der Waals surface area contributed by atoms with Crippen LogP contribution in [0, 0.1) is 11.7 Å². The van der Waals surface area contributed by atoms with Crippen LogP contribution in [0.2, 0.25) is 0 Å². The van der Waals surface area contributed by atoms with Crippen molar-refractivity contribution in [2.45, 2.75) is 12.8 Å². The zero-order chi connectivity index (χ0) is 19.9. The molecule has 0 radical (unpaired) electrons. The number of fused-ring (bicyclic) bond motifs is 1. The second kappa shape index (κ2) is 7.57. The highest BCUT2D eigenvalue weighted by Crippen LogP contribution is 2.33. The van der Waals surface area contributed by atoms with E-state index in [0.717, 1.165) is 22.7 Å². The number of thiazole rings is 1. The summed E-state index contributed by atoms with van der Waals surface area (Å²) in [7, 11) is -3.20. The molecule has 10 heteroatoms. The molecular formula is C18H23FN4O3S2. The fourth-order valence-electron chi connectivity index (χ4n) is 3.85. The molecule has 0 aliphatic carbocycles. The van der Waals surface area contributed by atoms with Crippen molar-refractivity contribution >= 4 is 42.6 Å². The Balaban J connectivity index is 1.35. The maximum absolute atomic E-state index is 13.9. The van der Waals surface area contributed by atoms with E-state index in [9.17, 15) is 17.6 Å². The maximum Gasteiger partial charge on any atom is 0.225 e. The zero-order valence-corrected chi connectivity index (χ0v) is 17.3. The van der Waals surface area contributed by atoms with Gasteiger partial charge in [-0.2, -0.15) is 4.31 Å². The molecule has 0 saturated carbocycles. The molecule has 152 valence electrons. The second-order valence-corrected chi connectivity index (χ2v) is 10.3. The van der Waals surface area contributed by atoms with Crippen molar-refractivity contribution in [1.29, 1.82) is 0 Å². The average molecular weight is 427 g/mol. The summed E-state index contributed by atoms with van der Waals surface area (Å²) < 4.78 is 39.3. The van der Waals surface area contributed by atoms with Crippen LogP contribution in [0.4, 0.5) is 9.52 Å². The van der Waals surface area contributed by atoms with Gasteiger partial charge in [0.15, 0.2) is 5.13 Å². The third-order valence-corrected chi connectivity index (χ3v) is 7.88. The first kappa shape index (κ1) is 19.5. The highest BCUT2D eigenvalue weighted by Gasteiger charge is 2.32. The van der Waals surface area contributed by atoms with Crippen molar-refractivity contribution in [3.05, 3.63) is 24.0 Å². The lowest BCUT2D eigenvalue weighted by Crippen LogP contribution is -2.52. The number of halogens is 1. The molecule has 3 heterocycles. The monoisotopic (exact) mass is 426 g/mol. The predicted molar refractivity (Wildman–Crippen MR) is 108 cm³/mol. The number of amides is 1. The van der Waals surface area contributed by atoms with Crippen LogP contribution in [-0.2, 0) is 14.8 Å². The van der Waals surface area contributed by atoms with Gasteiger partial charge in [-0.15, -0.1) is 0 Å². The van der Waals surface area contributed by atoms with Gasteiger partial charge in [0.25, 0.3) is 0 Å². The van der Waals surface area contributed by atoms with Crippen LogP contribution in [0.1, 0.15) is 12.8 Å². The first-order valence-electron chi connectivity index (χ1n) is 9.37. The normalized spacial score (nSPS) is 20.1. The Morgan fingerprint density at radius 2 is 1.82 bits per heavy atom. The lowest BCUT2D eigenvalue weighted by atomic mass is 9.95. The molecule has 1 aromatic heterocycles. The lowest BCUT2D eigenvalue weighted by molar-refractivity contribution is -0.137. The van der Waals surface area contributed by atoms with Gasteiger partial charge >= 0.3 is 0 Å². The molecule has 28 heavy (non-hydrogen) atoms. The number of rotatable bonds is 3. The Kier molecular flexibility index (Phi) is 5.28. The third kappa shape index (κ3) is 3.85. The SMILES string of the molecule is CS(=O)(=O)N1CCN(C(=O)C2CCN(c3nc4c(F)cccc4s3)CC2)CC1. The predicted octanol–water partition coefficient (Wildman–Crippen LogP) is 1.76. The molecule has 2 aliphatic rings. The lowest BCUT2D eigenvalue weighted by Gasteiger charge is -2.37. The van der Waals surface area contributed by atoms with E-state index in [1.54, 1.807) is 11.0 Å². The smallest absolute Gasteiger partial charge is 0.225 e. The maximum atomic E-state index is 13.9. The van der Waals surface area contributed by atoms with Gasteiger partial charge in [0.05, 0.1) is 11.0 Å². The minimum Gasteiger partial charge on any atom is -0.348 e. The van der Waals surface area contributed by atoms with Gasteiger partial charge in [-0.05, 0) is 25.0 Å². The zero-order valence-electron chi connectivity index (χ0n) is 15.7. The molecule has 0 spiro atoms. The number of sulfonamides is 1. The Hall–Kier alpha value is -1.78. The summed E-state index contributed by atoms with van der Waals surface area (Å²) >= 11 is 1.48. The Morgan fingerprint density at radius 3 is 2.43 bits per heavy atom. The van der Waals surface area contributed by atoms with Crippen LogP contribution in [0.15, 0.2) is 18.2 Å². The molecule has 2 aromatic rings. The number of para-hydroxylation sites is 1. The summed E-state index contributed by atoms with van der Waals surface area (Å²) in [6.45, 7) is 3.04. The van der Waals surface area contributed by atoms with Gasteiger partial charge in [-0.3, -0.25) is 4.79 Å². The summed E-state index contributed by atoms with van der Waals surface area (Å²) in [4.78, 5) is 21.2. The molecule has 0 unspecified atom stereocenters. The van der Waals surface area contributed by atoms with E-state index < -0.39 is 10.0 Å². The van der Waals surface area contributed by atoms with Crippen LogP contribution in [0.5, 0.6) is 0 Å². The highest BCUT2D eigenvalue weighted by molar-refractivity contribution is 7.88. The van der Waals surface area contributed by atoms with Gasteiger partial charge in [0.1, 0.15) is 11.3 Å². The number of hydrogen-bond acceptors (Lipinski definition) is 6. The van der Waals surface area contributed by atoms with Crippen molar-refractivity contribution in [2.24, 2.45) is 5.92 Å². The summed E-state index contributed by atoms with van der Waals surface area (Å²) in [6.07, 6.45) is 2.65. The molecule has 2 aliphatic heterocycles. The minimum atomic E-state index is -3.20. The number of piperidine rings is 1. The molecule has 2 fully saturated rings. The van der Waals surface area contributed by atoms with E-state index >= 15 is 0 Å². The first-order chi connectivity index (χ1) is 13.3. The standard InChI is InChI=1S/C18H23FN4O3S2/c1-28(25,26)23-11-9-21(10-12-23)17(24)13-5-7-22(8-6-13)18-20-16-14(19)3-2-4-15(16)27-18/h2-4,13H,5-12H2,1H3. The number of hydrogen-bond donors (Lipinski definition) is 0. The Labute approximate surface area is 167 Å². The quantitative estimate of drug-likeness (QED) is 0.748. The molecule has 0 bridgehead atoms. The Morgan fingerprint density at radius 1 is 1.14 bits per heavy atom. The average Bonchev–Trinajstić information content (AvgIpc) is 3.13. The van der Waals surface area contributed by atoms with Crippen LogP contribution in [0.3, 0.4) is 0 Å². The van der Waals surface area contributed by atoms with Crippen LogP contribution in [0.25, 0.3) is 10.2 Å². The minimum absolute atomic E-state index is 0.0489. The van der Waals surface area contributed by atoms with Crippen LogP contribution >= 0.6 is 11.3 Å². The first-order valence-corrected chi connectivity index (χ1v) is 12.0. The summed E-state index contributed by atoms with van der Waals surface area (Å²) in [5, 5.41) is 0.799. The molecule has 4 rings (SSSR count). The number of anilines is 1. The molecule has 2 saturated heterocycles. The summed E-state index contributed by atoms with van der Waals surface area (Å²) in [5.41, 5.74) is 0.407. The van der Waals surface area contributed by atoms with E-state index in [4.69, 9.17) is 0 Å². The molecule has 1 amide bonds. The van der Waals surface area contributed by atoms with Gasteiger partial charge < -0.3 is 9.80 Å². The number of aromatic nitrogens is 1. The number of nitrogens with zero attached hydrogens (tertiary/aromatic N) is 4. The van der Waals surface area contributed by atoms with E-state index in [2.05, 4.69) is 9.88 Å². The molecule has 0 atom stereocenters. The van der Waals surface area contributed by atoms with Crippen molar-refractivity contribution in [3.63, 3.8) is 0 Å². The summed E-state index contributed by atoms with van der Waals surface area (Å²) in [6, 6.07) is 4.97. The van der Waals surface area contributed by atoms with Crippen LogP contribution in [-0.4, -0.2) is 74.0 Å². The van der Waals surface area contributed by atoms with Crippen molar-refractivity contribution in [3.8, 4) is 0 Å². The summed E-state index contributed by atoms with van der Waals surface area (Å²) in [5.74, 6) is -0.242. The van der Waals surface area contributed by atoms with E-state index in [-0.39, 0.29) is 17.6 Å². The number of benzene rings is 1. The van der Waals surface area contributed by atoms with Crippen molar-refractivity contribution in [2.75, 3.05) is 50.4 Å². The highest BCUT2D eigenvalue weighted by atomic mass is 32.2. The molecule has 1 aromatic carbocycles. The fraction of sp³-hybridized carbons (Fsp3) is 0.556. The van der Waals surface area contributed by atoms with Gasteiger partial charge in [0.2, 0.25) is 15.9 Å². The topological polar surface area (TPSA) is 73.8 Å². The van der Waals surface area contributed by atoms with Gasteiger partial charge in [0, 0.05) is 45.2 Å². The van der Waals surface area contributed by atoms with Gasteiger partial charge in [-0.25, -0.2) is 17.8 Å². The van der Waals surface area contributed by atoms with E-state index in [0.29, 0.717) is 44.8 Å². The Bertz CT molecular complexity index is 978. The van der Waals surface area contributed by atoms with Crippen LogP contribution < -0.4 is 4.90 Å². The third-order valence-electron chi connectivity index (χ3n) is 5.49. The van der Waals surface area contributed by atoms with Crippen molar-refractivity contribution < 1.29 is 17.6 Å².